The topological polar surface area (TPSA) is 0 Å². The molecule has 0 amide bonds. The fraction of sp³-hybridized carbons (Fsp3) is 0.600. The van der Waals surface area contributed by atoms with Gasteiger partial charge in [0.25, 0.3) is 0 Å². The SMILES string of the molecule is C1=CC2=CCCCCC2C1. The molecule has 0 saturated carbocycles. The zero-order chi connectivity index (χ0) is 6.81. The lowest BCUT2D eigenvalue weighted by Crippen LogP contribution is -1.94. The number of rotatable bonds is 0. The molecule has 0 heteroatoms. The molecule has 0 aliphatic heterocycles. The van der Waals surface area contributed by atoms with E-state index in [4.69, 9.17) is 0 Å². The minimum Gasteiger partial charge on any atom is -0.0837 e. The van der Waals surface area contributed by atoms with E-state index in [1.165, 1.54) is 32.1 Å². The molecule has 0 saturated heterocycles. The zero-order valence-corrected chi connectivity index (χ0v) is 6.34. The van der Waals surface area contributed by atoms with Crippen LogP contribution in [0.25, 0.3) is 0 Å². The predicted molar refractivity (Wildman–Crippen MR) is 43.8 cm³/mol. The maximum absolute atomic E-state index is 2.43. The summed E-state index contributed by atoms with van der Waals surface area (Å²) in [5, 5.41) is 0. The number of hydrogen-bond acceptors (Lipinski definition) is 0. The maximum atomic E-state index is 2.43. The van der Waals surface area contributed by atoms with Gasteiger partial charge >= 0.3 is 0 Å². The van der Waals surface area contributed by atoms with E-state index in [2.05, 4.69) is 18.2 Å². The number of hydrogen-bond donors (Lipinski definition) is 0. The van der Waals surface area contributed by atoms with Crippen molar-refractivity contribution in [3.63, 3.8) is 0 Å². The molecule has 10 heavy (non-hydrogen) atoms. The van der Waals surface area contributed by atoms with Gasteiger partial charge in [-0.1, -0.05) is 24.6 Å². The minimum absolute atomic E-state index is 0.905. The summed E-state index contributed by atoms with van der Waals surface area (Å²) in [7, 11) is 0. The third kappa shape index (κ3) is 1.03. The van der Waals surface area contributed by atoms with E-state index in [1.54, 1.807) is 5.57 Å². The summed E-state index contributed by atoms with van der Waals surface area (Å²) in [5.41, 5.74) is 1.62. The lowest BCUT2D eigenvalue weighted by molar-refractivity contribution is 0.567. The number of allylic oxidation sites excluding steroid dienone is 4. The third-order valence-electron chi connectivity index (χ3n) is 2.59. The van der Waals surface area contributed by atoms with Crippen molar-refractivity contribution in [2.24, 2.45) is 5.92 Å². The minimum atomic E-state index is 0.905. The van der Waals surface area contributed by atoms with Gasteiger partial charge in [-0.3, -0.25) is 0 Å². The van der Waals surface area contributed by atoms with Gasteiger partial charge in [-0.25, -0.2) is 0 Å². The molecule has 54 valence electrons. The van der Waals surface area contributed by atoms with Crippen molar-refractivity contribution in [3.8, 4) is 0 Å². The molecule has 0 heterocycles. The maximum Gasteiger partial charge on any atom is -0.0131 e. The van der Waals surface area contributed by atoms with Crippen LogP contribution in [0.5, 0.6) is 0 Å². The van der Waals surface area contributed by atoms with Crippen LogP contribution in [-0.2, 0) is 0 Å². The molecule has 2 aliphatic rings. The summed E-state index contributed by atoms with van der Waals surface area (Å²) >= 11 is 0. The molecule has 2 aliphatic carbocycles. The Hall–Kier alpha value is -0.520. The van der Waals surface area contributed by atoms with Crippen LogP contribution < -0.4 is 0 Å². The Balaban J connectivity index is 2.16. The van der Waals surface area contributed by atoms with Crippen molar-refractivity contribution in [1.29, 1.82) is 0 Å². The van der Waals surface area contributed by atoms with Gasteiger partial charge in [0.1, 0.15) is 0 Å². The molecule has 0 nitrogen and oxygen atoms in total. The summed E-state index contributed by atoms with van der Waals surface area (Å²) in [6.07, 6.45) is 14.0. The molecular formula is C10H14. The van der Waals surface area contributed by atoms with Crippen molar-refractivity contribution in [3.05, 3.63) is 23.8 Å². The Labute approximate surface area is 62.6 Å². The van der Waals surface area contributed by atoms with Crippen LogP contribution in [0.4, 0.5) is 0 Å². The standard InChI is InChI=1S/C10H14/c1-2-5-9-7-4-8-10(9)6-3-1/h4-5,7,10H,1-3,6,8H2. The second-order valence-electron chi connectivity index (χ2n) is 3.32. The van der Waals surface area contributed by atoms with E-state index in [0.717, 1.165) is 5.92 Å². The van der Waals surface area contributed by atoms with E-state index in [-0.39, 0.29) is 0 Å². The summed E-state index contributed by atoms with van der Waals surface area (Å²) in [4.78, 5) is 0. The average molecular weight is 134 g/mol. The Morgan fingerprint density at radius 3 is 3.30 bits per heavy atom. The second kappa shape index (κ2) is 2.61. The largest absolute Gasteiger partial charge is 0.0837 e. The third-order valence-corrected chi connectivity index (χ3v) is 2.59. The number of fused-ring (bicyclic) bond motifs is 1. The highest BCUT2D eigenvalue weighted by molar-refractivity contribution is 5.28. The van der Waals surface area contributed by atoms with Crippen LogP contribution in [0.15, 0.2) is 23.8 Å². The first-order valence-electron chi connectivity index (χ1n) is 4.33. The quantitative estimate of drug-likeness (QED) is 0.477. The van der Waals surface area contributed by atoms with Crippen molar-refractivity contribution in [2.75, 3.05) is 0 Å². The zero-order valence-electron chi connectivity index (χ0n) is 6.34. The lowest BCUT2D eigenvalue weighted by Gasteiger charge is -2.07. The highest BCUT2D eigenvalue weighted by Crippen LogP contribution is 2.32. The average Bonchev–Trinajstić information content (AvgIpc) is 2.28. The first-order chi connectivity index (χ1) is 4.97. The Morgan fingerprint density at radius 2 is 2.30 bits per heavy atom. The molecule has 0 aromatic heterocycles. The van der Waals surface area contributed by atoms with Gasteiger partial charge in [0, 0.05) is 0 Å². The lowest BCUT2D eigenvalue weighted by atomic mass is 9.98. The Bertz CT molecular complexity index is 174. The summed E-state index contributed by atoms with van der Waals surface area (Å²) < 4.78 is 0. The molecule has 0 radical (unpaired) electrons. The van der Waals surface area contributed by atoms with Crippen LogP contribution in [0.2, 0.25) is 0 Å². The van der Waals surface area contributed by atoms with Crippen molar-refractivity contribution >= 4 is 0 Å². The second-order valence-corrected chi connectivity index (χ2v) is 3.32. The van der Waals surface area contributed by atoms with Gasteiger partial charge < -0.3 is 0 Å². The summed E-state index contributed by atoms with van der Waals surface area (Å²) in [6, 6.07) is 0. The van der Waals surface area contributed by atoms with E-state index >= 15 is 0 Å². The Morgan fingerprint density at radius 1 is 1.30 bits per heavy atom. The molecule has 1 unspecified atom stereocenters. The highest BCUT2D eigenvalue weighted by Gasteiger charge is 2.16. The van der Waals surface area contributed by atoms with Gasteiger partial charge in [-0.2, -0.15) is 0 Å². The van der Waals surface area contributed by atoms with Gasteiger partial charge in [0.2, 0.25) is 0 Å². The predicted octanol–water partition coefficient (Wildman–Crippen LogP) is 3.06. The van der Waals surface area contributed by atoms with Gasteiger partial charge in [-0.05, 0) is 37.2 Å². The molecule has 0 N–H and O–H groups in total. The molecule has 1 atom stereocenters. The van der Waals surface area contributed by atoms with Crippen LogP contribution in [-0.4, -0.2) is 0 Å². The van der Waals surface area contributed by atoms with Crippen LogP contribution >= 0.6 is 0 Å². The van der Waals surface area contributed by atoms with Crippen LogP contribution in [0.1, 0.15) is 32.1 Å². The van der Waals surface area contributed by atoms with Crippen LogP contribution in [0.3, 0.4) is 0 Å². The molecule has 0 spiro atoms. The van der Waals surface area contributed by atoms with Gasteiger partial charge in [-0.15, -0.1) is 0 Å². The first-order valence-corrected chi connectivity index (χ1v) is 4.33. The van der Waals surface area contributed by atoms with E-state index < -0.39 is 0 Å². The smallest absolute Gasteiger partial charge is 0.0131 e. The molecule has 2 rings (SSSR count). The molecule has 0 aromatic carbocycles. The molecule has 0 fully saturated rings. The van der Waals surface area contributed by atoms with Crippen molar-refractivity contribution < 1.29 is 0 Å². The van der Waals surface area contributed by atoms with Crippen molar-refractivity contribution in [1.82, 2.24) is 0 Å². The molecular weight excluding hydrogens is 120 g/mol. The molecule has 0 aromatic rings. The highest BCUT2D eigenvalue weighted by atomic mass is 14.2. The summed E-state index contributed by atoms with van der Waals surface area (Å²) in [6.45, 7) is 0. The van der Waals surface area contributed by atoms with Crippen LogP contribution in [0, 0.1) is 5.92 Å². The fourth-order valence-electron chi connectivity index (χ4n) is 1.96. The van der Waals surface area contributed by atoms with Gasteiger partial charge in [0.15, 0.2) is 0 Å². The van der Waals surface area contributed by atoms with E-state index in [0.29, 0.717) is 0 Å². The van der Waals surface area contributed by atoms with Gasteiger partial charge in [0.05, 0.1) is 0 Å². The monoisotopic (exact) mass is 134 g/mol. The van der Waals surface area contributed by atoms with E-state index in [1.807, 2.05) is 0 Å². The van der Waals surface area contributed by atoms with Crippen molar-refractivity contribution in [2.45, 2.75) is 32.1 Å². The molecule has 0 bridgehead atoms. The van der Waals surface area contributed by atoms with E-state index in [9.17, 15) is 0 Å². The first kappa shape index (κ1) is 6.21. The fourth-order valence-corrected chi connectivity index (χ4v) is 1.96. The Kier molecular flexibility index (Phi) is 1.62. The summed E-state index contributed by atoms with van der Waals surface area (Å²) in [5.74, 6) is 0.905. The normalized spacial score (nSPS) is 31.2.